The van der Waals surface area contributed by atoms with Gasteiger partial charge in [0.05, 0.1) is 19.1 Å². The van der Waals surface area contributed by atoms with E-state index < -0.39 is 58.5 Å². The SMILES string of the molecule is COC(=O)CN(CC(=O)OC)C(=O)C1CCN(S(=O)(=O)c2ccc(F)c(F)c2)CC1. The molecule has 0 aromatic heterocycles. The summed E-state index contributed by atoms with van der Waals surface area (Å²) in [6.45, 7) is -0.973. The molecule has 0 bridgehead atoms. The maximum absolute atomic E-state index is 13.4. The molecular formula is C18H22F2N2O7S. The van der Waals surface area contributed by atoms with Gasteiger partial charge in [0.25, 0.3) is 0 Å². The summed E-state index contributed by atoms with van der Waals surface area (Å²) < 4.78 is 61.9. The second-order valence-electron chi connectivity index (χ2n) is 6.60. The molecule has 1 aromatic carbocycles. The number of ether oxygens (including phenoxy) is 2. The molecule has 1 heterocycles. The number of benzene rings is 1. The third-order valence-corrected chi connectivity index (χ3v) is 6.63. The number of hydrogen-bond donors (Lipinski definition) is 0. The summed E-state index contributed by atoms with van der Waals surface area (Å²) in [6, 6.07) is 2.31. The van der Waals surface area contributed by atoms with Gasteiger partial charge in [-0.05, 0) is 31.0 Å². The molecule has 0 unspecified atom stereocenters. The zero-order valence-electron chi connectivity index (χ0n) is 16.5. The van der Waals surface area contributed by atoms with Gasteiger partial charge in [-0.25, -0.2) is 17.2 Å². The van der Waals surface area contributed by atoms with Crippen LogP contribution in [0.4, 0.5) is 8.78 Å². The number of hydrogen-bond acceptors (Lipinski definition) is 7. The zero-order chi connectivity index (χ0) is 22.5. The first-order valence-electron chi connectivity index (χ1n) is 8.97. The number of amides is 1. The summed E-state index contributed by atoms with van der Waals surface area (Å²) in [5.74, 6) is -5.00. The highest BCUT2D eigenvalue weighted by Crippen LogP contribution is 2.26. The van der Waals surface area contributed by atoms with Crippen LogP contribution in [0.25, 0.3) is 0 Å². The van der Waals surface area contributed by atoms with Crippen LogP contribution in [0, 0.1) is 17.6 Å². The number of sulfonamides is 1. The minimum absolute atomic E-state index is 0.0397. The largest absolute Gasteiger partial charge is 0.468 e. The van der Waals surface area contributed by atoms with Gasteiger partial charge in [0.1, 0.15) is 13.1 Å². The van der Waals surface area contributed by atoms with Crippen LogP contribution >= 0.6 is 0 Å². The van der Waals surface area contributed by atoms with Gasteiger partial charge in [0, 0.05) is 19.0 Å². The van der Waals surface area contributed by atoms with Gasteiger partial charge < -0.3 is 14.4 Å². The van der Waals surface area contributed by atoms with Crippen LogP contribution in [0.15, 0.2) is 23.1 Å². The van der Waals surface area contributed by atoms with Crippen molar-refractivity contribution in [2.45, 2.75) is 17.7 Å². The van der Waals surface area contributed by atoms with Gasteiger partial charge in [0.15, 0.2) is 11.6 Å². The van der Waals surface area contributed by atoms with Crippen LogP contribution in [-0.2, 0) is 33.9 Å². The van der Waals surface area contributed by atoms with Crippen LogP contribution in [0.1, 0.15) is 12.8 Å². The van der Waals surface area contributed by atoms with Gasteiger partial charge in [0.2, 0.25) is 15.9 Å². The first kappa shape index (κ1) is 23.7. The van der Waals surface area contributed by atoms with Crippen LogP contribution in [0.2, 0.25) is 0 Å². The number of nitrogens with zero attached hydrogens (tertiary/aromatic N) is 2. The van der Waals surface area contributed by atoms with Crippen LogP contribution in [0.3, 0.4) is 0 Å². The Kier molecular flexibility index (Phi) is 7.84. The maximum Gasteiger partial charge on any atom is 0.325 e. The van der Waals surface area contributed by atoms with E-state index in [0.717, 1.165) is 35.6 Å². The fraction of sp³-hybridized carbons (Fsp3) is 0.500. The molecule has 1 aliphatic rings. The molecule has 1 saturated heterocycles. The normalized spacial score (nSPS) is 15.5. The predicted octanol–water partition coefficient (Wildman–Crippen LogP) is 0.540. The standard InChI is InChI=1S/C18H22F2N2O7S/c1-28-16(23)10-21(11-17(24)29-2)18(25)12-5-7-22(8-6-12)30(26,27)13-3-4-14(19)15(20)9-13/h3-4,9,12H,5-8,10-11H2,1-2H3. The monoisotopic (exact) mass is 448 g/mol. The average Bonchev–Trinajstić information content (AvgIpc) is 2.74. The molecule has 9 nitrogen and oxygen atoms in total. The maximum atomic E-state index is 13.4. The topological polar surface area (TPSA) is 110 Å². The number of esters is 2. The lowest BCUT2D eigenvalue weighted by Crippen LogP contribution is -2.47. The van der Waals surface area contributed by atoms with E-state index in [1.807, 2.05) is 0 Å². The number of methoxy groups -OCH3 is 2. The van der Waals surface area contributed by atoms with E-state index in [9.17, 15) is 31.6 Å². The Morgan fingerprint density at radius 2 is 1.57 bits per heavy atom. The van der Waals surface area contributed by atoms with Crippen LogP contribution in [0.5, 0.6) is 0 Å². The Morgan fingerprint density at radius 3 is 2.03 bits per heavy atom. The van der Waals surface area contributed by atoms with Crippen molar-refractivity contribution in [2.24, 2.45) is 5.92 Å². The third-order valence-electron chi connectivity index (χ3n) is 4.74. The van der Waals surface area contributed by atoms with E-state index in [1.165, 1.54) is 0 Å². The molecule has 1 aromatic rings. The Morgan fingerprint density at radius 1 is 1.03 bits per heavy atom. The Hall–Kier alpha value is -2.60. The third kappa shape index (κ3) is 5.51. The van der Waals surface area contributed by atoms with Gasteiger partial charge in [-0.1, -0.05) is 0 Å². The van der Waals surface area contributed by atoms with E-state index in [-0.39, 0.29) is 30.8 Å². The molecule has 0 N–H and O–H groups in total. The summed E-state index contributed by atoms with van der Waals surface area (Å²) in [5, 5.41) is 0. The number of piperidine rings is 1. The summed E-state index contributed by atoms with van der Waals surface area (Å²) >= 11 is 0. The van der Waals surface area contributed by atoms with Gasteiger partial charge in [-0.3, -0.25) is 14.4 Å². The summed E-state index contributed by atoms with van der Waals surface area (Å²) in [6.07, 6.45) is 0.251. The molecule has 1 amide bonds. The van der Waals surface area contributed by atoms with Crippen molar-refractivity contribution in [2.75, 3.05) is 40.4 Å². The minimum atomic E-state index is -4.06. The zero-order valence-corrected chi connectivity index (χ0v) is 17.3. The molecule has 30 heavy (non-hydrogen) atoms. The van der Waals surface area contributed by atoms with Crippen molar-refractivity contribution >= 4 is 27.9 Å². The van der Waals surface area contributed by atoms with E-state index >= 15 is 0 Å². The van der Waals surface area contributed by atoms with Crippen molar-refractivity contribution in [3.05, 3.63) is 29.8 Å². The number of rotatable bonds is 7. The lowest BCUT2D eigenvalue weighted by Gasteiger charge is -2.33. The molecule has 1 fully saturated rings. The molecular weight excluding hydrogens is 426 g/mol. The molecule has 0 radical (unpaired) electrons. The number of carbonyl (C=O) groups is 3. The molecule has 0 spiro atoms. The van der Waals surface area contributed by atoms with E-state index in [4.69, 9.17) is 0 Å². The summed E-state index contributed by atoms with van der Waals surface area (Å²) in [4.78, 5) is 36.5. The Balaban J connectivity index is 2.08. The van der Waals surface area contributed by atoms with Crippen molar-refractivity contribution in [1.29, 1.82) is 0 Å². The Labute approximate surface area is 172 Å². The molecule has 2 rings (SSSR count). The van der Waals surface area contributed by atoms with Gasteiger partial charge >= 0.3 is 11.9 Å². The van der Waals surface area contributed by atoms with Gasteiger partial charge in [-0.15, -0.1) is 0 Å². The van der Waals surface area contributed by atoms with Crippen LogP contribution < -0.4 is 0 Å². The highest BCUT2D eigenvalue weighted by Gasteiger charge is 2.35. The first-order chi connectivity index (χ1) is 14.1. The van der Waals surface area contributed by atoms with Gasteiger partial charge in [-0.2, -0.15) is 4.31 Å². The highest BCUT2D eigenvalue weighted by molar-refractivity contribution is 7.89. The fourth-order valence-electron chi connectivity index (χ4n) is 3.04. The lowest BCUT2D eigenvalue weighted by molar-refractivity contribution is -0.154. The van der Waals surface area contributed by atoms with E-state index in [1.54, 1.807) is 0 Å². The quantitative estimate of drug-likeness (QED) is 0.560. The predicted molar refractivity (Wildman–Crippen MR) is 98.5 cm³/mol. The molecule has 0 saturated carbocycles. The molecule has 166 valence electrons. The molecule has 12 heteroatoms. The van der Waals surface area contributed by atoms with E-state index in [0.29, 0.717) is 6.07 Å². The summed E-state index contributed by atoms with van der Waals surface area (Å²) in [5.41, 5.74) is 0. The van der Waals surface area contributed by atoms with Crippen molar-refractivity contribution < 1.29 is 41.1 Å². The second-order valence-corrected chi connectivity index (χ2v) is 8.54. The highest BCUT2D eigenvalue weighted by atomic mass is 32.2. The molecule has 1 aliphatic heterocycles. The molecule has 0 atom stereocenters. The second kappa shape index (κ2) is 9.94. The number of carbonyl (C=O) groups excluding carboxylic acids is 3. The minimum Gasteiger partial charge on any atom is -0.468 e. The Bertz CT molecular complexity index is 897. The number of halogens is 2. The van der Waals surface area contributed by atoms with E-state index in [2.05, 4.69) is 9.47 Å². The smallest absolute Gasteiger partial charge is 0.325 e. The van der Waals surface area contributed by atoms with Crippen molar-refractivity contribution in [1.82, 2.24) is 9.21 Å². The van der Waals surface area contributed by atoms with Crippen molar-refractivity contribution in [3.8, 4) is 0 Å². The molecule has 0 aliphatic carbocycles. The average molecular weight is 448 g/mol. The lowest BCUT2D eigenvalue weighted by atomic mass is 9.96. The van der Waals surface area contributed by atoms with Crippen LogP contribution in [-0.4, -0.2) is 75.9 Å². The first-order valence-corrected chi connectivity index (χ1v) is 10.4. The summed E-state index contributed by atoms with van der Waals surface area (Å²) in [7, 11) is -1.78. The van der Waals surface area contributed by atoms with Crippen molar-refractivity contribution in [3.63, 3.8) is 0 Å². The fourth-order valence-corrected chi connectivity index (χ4v) is 4.52.